The summed E-state index contributed by atoms with van der Waals surface area (Å²) in [5, 5.41) is 0. The Morgan fingerprint density at radius 3 is 2.69 bits per heavy atom. The van der Waals surface area contributed by atoms with E-state index in [1.807, 2.05) is 0 Å². The van der Waals surface area contributed by atoms with Crippen LogP contribution in [-0.4, -0.2) is 12.1 Å². The van der Waals surface area contributed by atoms with E-state index in [1.54, 1.807) is 24.3 Å². The maximum absolute atomic E-state index is 11.4. The highest BCUT2D eigenvalue weighted by Gasteiger charge is 2.26. The average Bonchev–Trinajstić information content (AvgIpc) is 2.89. The first-order valence-electron chi connectivity index (χ1n) is 4.33. The number of hydrogen-bond donors (Lipinski definition) is 1. The molecule has 0 bridgehead atoms. The van der Waals surface area contributed by atoms with Gasteiger partial charge < -0.3 is 10.5 Å². The minimum Gasteiger partial charge on any atom is -0.459 e. The van der Waals surface area contributed by atoms with Gasteiger partial charge in [0.25, 0.3) is 0 Å². The first-order chi connectivity index (χ1) is 6.27. The number of nitrogens with two attached hydrogens (primary N) is 1. The molecule has 0 heterocycles. The first-order valence-corrected chi connectivity index (χ1v) is 4.33. The van der Waals surface area contributed by atoms with Crippen LogP contribution in [0.15, 0.2) is 24.3 Å². The Morgan fingerprint density at radius 2 is 2.08 bits per heavy atom. The number of carbonyl (C=O) groups is 1. The van der Waals surface area contributed by atoms with Crippen LogP contribution in [0, 0.1) is 0 Å². The number of carbonyl (C=O) groups excluding carboxylic acids is 1. The molecule has 0 saturated heterocycles. The fourth-order valence-corrected chi connectivity index (χ4v) is 1.08. The van der Waals surface area contributed by atoms with Crippen LogP contribution < -0.4 is 5.73 Å². The third-order valence-corrected chi connectivity index (χ3v) is 1.98. The highest BCUT2D eigenvalue weighted by molar-refractivity contribution is 5.95. The van der Waals surface area contributed by atoms with Gasteiger partial charge in [-0.2, -0.15) is 0 Å². The minimum absolute atomic E-state index is 0.132. The molecule has 0 aliphatic heterocycles. The summed E-state index contributed by atoms with van der Waals surface area (Å²) in [6, 6.07) is 6.95. The molecular formula is C10H11NO2. The van der Waals surface area contributed by atoms with Gasteiger partial charge in [-0.3, -0.25) is 0 Å². The zero-order chi connectivity index (χ0) is 9.26. The van der Waals surface area contributed by atoms with Gasteiger partial charge >= 0.3 is 5.97 Å². The second-order valence-corrected chi connectivity index (χ2v) is 3.19. The molecule has 1 fully saturated rings. The minimum atomic E-state index is -0.305. The van der Waals surface area contributed by atoms with E-state index in [0.717, 1.165) is 12.8 Å². The molecule has 3 heteroatoms. The summed E-state index contributed by atoms with van der Waals surface area (Å²) in [5.41, 5.74) is 6.56. The Morgan fingerprint density at radius 1 is 1.38 bits per heavy atom. The summed E-state index contributed by atoms with van der Waals surface area (Å²) < 4.78 is 5.11. The number of benzene rings is 1. The van der Waals surface area contributed by atoms with E-state index in [2.05, 4.69) is 0 Å². The van der Waals surface area contributed by atoms with Crippen molar-refractivity contribution in [2.45, 2.75) is 18.9 Å². The molecule has 0 radical (unpaired) electrons. The van der Waals surface area contributed by atoms with Crippen molar-refractivity contribution in [3.63, 3.8) is 0 Å². The third-order valence-electron chi connectivity index (χ3n) is 1.98. The number of anilines is 1. The molecule has 1 saturated carbocycles. The molecule has 68 valence electrons. The van der Waals surface area contributed by atoms with Gasteiger partial charge in [0.15, 0.2) is 0 Å². The number of esters is 1. The molecule has 1 aromatic rings. The molecular weight excluding hydrogens is 166 g/mol. The smallest absolute Gasteiger partial charge is 0.340 e. The molecule has 0 aromatic heterocycles. The van der Waals surface area contributed by atoms with E-state index in [1.165, 1.54) is 0 Å². The van der Waals surface area contributed by atoms with Gasteiger partial charge in [-0.1, -0.05) is 12.1 Å². The van der Waals surface area contributed by atoms with Gasteiger partial charge in [-0.15, -0.1) is 0 Å². The van der Waals surface area contributed by atoms with Gasteiger partial charge in [0.1, 0.15) is 6.10 Å². The molecule has 1 aliphatic rings. The molecule has 2 rings (SSSR count). The van der Waals surface area contributed by atoms with Crippen molar-refractivity contribution in [1.29, 1.82) is 0 Å². The molecule has 3 nitrogen and oxygen atoms in total. The van der Waals surface area contributed by atoms with E-state index in [9.17, 15) is 4.79 Å². The summed E-state index contributed by atoms with van der Waals surface area (Å²) in [6.45, 7) is 0. The Kier molecular flexibility index (Phi) is 1.93. The topological polar surface area (TPSA) is 52.3 Å². The number of ether oxygens (including phenoxy) is 1. The zero-order valence-corrected chi connectivity index (χ0v) is 7.19. The fraction of sp³-hybridized carbons (Fsp3) is 0.300. The normalized spacial score (nSPS) is 15.4. The number of nitrogen functional groups attached to an aromatic ring is 1. The lowest BCUT2D eigenvalue weighted by Gasteiger charge is -2.04. The van der Waals surface area contributed by atoms with E-state index in [0.29, 0.717) is 11.3 Å². The van der Waals surface area contributed by atoms with E-state index >= 15 is 0 Å². The van der Waals surface area contributed by atoms with Crippen molar-refractivity contribution >= 4 is 11.7 Å². The quantitative estimate of drug-likeness (QED) is 0.551. The molecule has 1 aliphatic carbocycles. The number of rotatable bonds is 2. The maximum Gasteiger partial charge on any atom is 0.340 e. The van der Waals surface area contributed by atoms with Gasteiger partial charge in [-0.25, -0.2) is 4.79 Å². The lowest BCUT2D eigenvalue weighted by molar-refractivity contribution is 0.0473. The largest absolute Gasteiger partial charge is 0.459 e. The van der Waals surface area contributed by atoms with Gasteiger partial charge in [0.05, 0.1) is 5.56 Å². The molecule has 0 amide bonds. The van der Waals surface area contributed by atoms with Crippen molar-refractivity contribution in [2.24, 2.45) is 0 Å². The lowest BCUT2D eigenvalue weighted by Crippen LogP contribution is -2.09. The van der Waals surface area contributed by atoms with Crippen molar-refractivity contribution in [3.05, 3.63) is 29.8 Å². The van der Waals surface area contributed by atoms with Crippen molar-refractivity contribution < 1.29 is 9.53 Å². The standard InChI is InChI=1S/C10H11NO2/c11-9-4-2-1-3-8(9)10(12)13-7-5-6-7/h1-4,7H,5-6,11H2. The molecule has 0 atom stereocenters. The number of hydrogen-bond acceptors (Lipinski definition) is 3. The van der Waals surface area contributed by atoms with Crippen molar-refractivity contribution in [2.75, 3.05) is 5.73 Å². The molecule has 0 spiro atoms. The second-order valence-electron chi connectivity index (χ2n) is 3.19. The van der Waals surface area contributed by atoms with Crippen LogP contribution in [0.3, 0.4) is 0 Å². The van der Waals surface area contributed by atoms with Gasteiger partial charge in [-0.05, 0) is 25.0 Å². The second kappa shape index (κ2) is 3.09. The van der Waals surface area contributed by atoms with E-state index in [4.69, 9.17) is 10.5 Å². The Hall–Kier alpha value is -1.51. The summed E-state index contributed by atoms with van der Waals surface area (Å²) in [5.74, 6) is -0.305. The highest BCUT2D eigenvalue weighted by atomic mass is 16.5. The summed E-state index contributed by atoms with van der Waals surface area (Å²) >= 11 is 0. The van der Waals surface area contributed by atoms with Crippen LogP contribution >= 0.6 is 0 Å². The maximum atomic E-state index is 11.4. The van der Waals surface area contributed by atoms with Crippen LogP contribution in [0.25, 0.3) is 0 Å². The summed E-state index contributed by atoms with van der Waals surface area (Å²) in [4.78, 5) is 11.4. The number of para-hydroxylation sites is 1. The fourth-order valence-electron chi connectivity index (χ4n) is 1.08. The third kappa shape index (κ3) is 1.80. The lowest BCUT2D eigenvalue weighted by atomic mass is 10.2. The molecule has 1 aromatic carbocycles. The SMILES string of the molecule is Nc1ccccc1C(=O)OC1CC1. The summed E-state index contributed by atoms with van der Waals surface area (Å²) in [6.07, 6.45) is 2.10. The molecule has 2 N–H and O–H groups in total. The Balaban J connectivity index is 2.13. The van der Waals surface area contributed by atoms with Gasteiger partial charge in [0.2, 0.25) is 0 Å². The van der Waals surface area contributed by atoms with Gasteiger partial charge in [0, 0.05) is 5.69 Å². The highest BCUT2D eigenvalue weighted by Crippen LogP contribution is 2.25. The molecule has 13 heavy (non-hydrogen) atoms. The Bertz CT molecular complexity index is 331. The van der Waals surface area contributed by atoms with Crippen LogP contribution in [0.1, 0.15) is 23.2 Å². The van der Waals surface area contributed by atoms with Crippen molar-refractivity contribution in [3.8, 4) is 0 Å². The van der Waals surface area contributed by atoms with E-state index < -0.39 is 0 Å². The molecule has 0 unspecified atom stereocenters. The van der Waals surface area contributed by atoms with Crippen LogP contribution in [-0.2, 0) is 4.74 Å². The monoisotopic (exact) mass is 177 g/mol. The van der Waals surface area contributed by atoms with Crippen molar-refractivity contribution in [1.82, 2.24) is 0 Å². The average molecular weight is 177 g/mol. The van der Waals surface area contributed by atoms with Crippen LogP contribution in [0.2, 0.25) is 0 Å². The first kappa shape index (κ1) is 8.10. The predicted octanol–water partition coefficient (Wildman–Crippen LogP) is 1.59. The van der Waals surface area contributed by atoms with E-state index in [-0.39, 0.29) is 12.1 Å². The predicted molar refractivity (Wildman–Crippen MR) is 49.3 cm³/mol. The van der Waals surface area contributed by atoms with Crippen LogP contribution in [0.5, 0.6) is 0 Å². The Labute approximate surface area is 76.5 Å². The zero-order valence-electron chi connectivity index (χ0n) is 7.19. The van der Waals surface area contributed by atoms with Crippen LogP contribution in [0.4, 0.5) is 5.69 Å². The summed E-state index contributed by atoms with van der Waals surface area (Å²) in [7, 11) is 0.